The van der Waals surface area contributed by atoms with Gasteiger partial charge in [-0.05, 0) is 63.1 Å². The molecule has 4 atom stereocenters. The van der Waals surface area contributed by atoms with Crippen LogP contribution in [0.3, 0.4) is 0 Å². The van der Waals surface area contributed by atoms with Gasteiger partial charge in [-0.2, -0.15) is 0 Å². The fourth-order valence-corrected chi connectivity index (χ4v) is 5.03. The van der Waals surface area contributed by atoms with Crippen LogP contribution in [0.5, 0.6) is 0 Å². The van der Waals surface area contributed by atoms with Gasteiger partial charge in [0.05, 0.1) is 29.5 Å². The Balaban J connectivity index is 1.63. The van der Waals surface area contributed by atoms with E-state index in [0.717, 1.165) is 5.56 Å². The number of alkyl carbamates (subject to hydrolysis) is 1. The number of hydrogen-bond donors (Lipinski definition) is 3. The Kier molecular flexibility index (Phi) is 10.1. The monoisotopic (exact) mass is 622 g/mol. The van der Waals surface area contributed by atoms with E-state index in [0.29, 0.717) is 16.3 Å². The van der Waals surface area contributed by atoms with Crippen LogP contribution in [0.25, 0.3) is 0 Å². The first-order valence-electron chi connectivity index (χ1n) is 14.2. The molecule has 232 valence electrons. The zero-order valence-corrected chi connectivity index (χ0v) is 25.9. The van der Waals surface area contributed by atoms with Crippen LogP contribution in [-0.4, -0.2) is 59.7 Å². The molecule has 1 unspecified atom stereocenters. The molecule has 0 bridgehead atoms. The number of amides is 3. The highest BCUT2D eigenvalue weighted by Gasteiger charge is 2.36. The number of fused-ring (bicyclic) bond motifs is 1. The standard InChI is InChI=1S/C33H36ClFN4O5/c1-19(28(40)25(17-20-11-7-6-8-12-20)36-32(43)44-33(2,3)4)30(41)38-29-31(42)39(5)26-16-15-21(34)18-23(26)27(37-29)22-13-9-10-14-24(22)35/h6-16,18-19,25,28-29,40H,17H2,1-5H3,(H,36,43)(H,38,41)/t19-,25-,28+,29?/m0/s1. The van der Waals surface area contributed by atoms with Crippen LogP contribution < -0.4 is 15.5 Å². The Hall–Kier alpha value is -4.28. The number of halogens is 2. The summed E-state index contributed by atoms with van der Waals surface area (Å²) < 4.78 is 20.4. The molecular weight excluding hydrogens is 587 g/mol. The fraction of sp³-hybridized carbons (Fsp3) is 0.333. The van der Waals surface area contributed by atoms with E-state index in [-0.39, 0.29) is 17.7 Å². The maximum Gasteiger partial charge on any atom is 0.407 e. The van der Waals surface area contributed by atoms with Crippen molar-refractivity contribution in [1.29, 1.82) is 0 Å². The highest BCUT2D eigenvalue weighted by molar-refractivity contribution is 6.32. The average Bonchev–Trinajstić information content (AvgIpc) is 3.06. The molecule has 1 heterocycles. The van der Waals surface area contributed by atoms with E-state index in [1.165, 1.54) is 37.1 Å². The van der Waals surface area contributed by atoms with E-state index in [1.807, 2.05) is 30.3 Å². The van der Waals surface area contributed by atoms with Crippen LogP contribution >= 0.6 is 11.6 Å². The van der Waals surface area contributed by atoms with Crippen molar-refractivity contribution < 1.29 is 28.6 Å². The van der Waals surface area contributed by atoms with Crippen molar-refractivity contribution in [2.75, 3.05) is 11.9 Å². The molecule has 3 amide bonds. The summed E-state index contributed by atoms with van der Waals surface area (Å²) in [6.07, 6.45) is -3.38. The lowest BCUT2D eigenvalue weighted by Crippen LogP contribution is -2.54. The number of nitrogens with one attached hydrogen (secondary N) is 2. The zero-order chi connectivity index (χ0) is 32.2. The second-order valence-corrected chi connectivity index (χ2v) is 12.1. The maximum absolute atomic E-state index is 15.0. The smallest absolute Gasteiger partial charge is 0.407 e. The predicted molar refractivity (Wildman–Crippen MR) is 167 cm³/mol. The van der Waals surface area contributed by atoms with Gasteiger partial charge in [-0.1, -0.05) is 61.0 Å². The lowest BCUT2D eigenvalue weighted by atomic mass is 9.92. The number of nitrogens with zero attached hydrogens (tertiary/aromatic N) is 2. The normalized spacial score (nSPS) is 17.0. The SMILES string of the molecule is C[C@H](C(=O)NC1N=C(c2ccccc2F)c2cc(Cl)ccc2N(C)C1=O)[C@@H](O)[C@H](Cc1ccccc1)NC(=O)OC(C)(C)C. The van der Waals surface area contributed by atoms with Gasteiger partial charge in [-0.3, -0.25) is 9.59 Å². The molecule has 0 fully saturated rings. The largest absolute Gasteiger partial charge is 0.444 e. The van der Waals surface area contributed by atoms with Crippen LogP contribution in [-0.2, 0) is 20.7 Å². The minimum Gasteiger partial charge on any atom is -0.444 e. The summed E-state index contributed by atoms with van der Waals surface area (Å²) in [6.45, 7) is 6.63. The summed E-state index contributed by atoms with van der Waals surface area (Å²) in [5.74, 6) is -2.96. The first-order chi connectivity index (χ1) is 20.7. The number of hydrogen-bond acceptors (Lipinski definition) is 6. The fourth-order valence-electron chi connectivity index (χ4n) is 4.86. The molecule has 44 heavy (non-hydrogen) atoms. The molecule has 0 aromatic heterocycles. The highest BCUT2D eigenvalue weighted by Crippen LogP contribution is 2.30. The van der Waals surface area contributed by atoms with Crippen molar-refractivity contribution in [3.63, 3.8) is 0 Å². The molecule has 0 radical (unpaired) electrons. The summed E-state index contributed by atoms with van der Waals surface area (Å²) in [5, 5.41) is 17.0. The molecule has 3 N–H and O–H groups in total. The van der Waals surface area contributed by atoms with Gasteiger partial charge < -0.3 is 25.4 Å². The summed E-state index contributed by atoms with van der Waals surface area (Å²) in [4.78, 5) is 45.7. The highest BCUT2D eigenvalue weighted by atomic mass is 35.5. The van der Waals surface area contributed by atoms with Gasteiger partial charge >= 0.3 is 6.09 Å². The topological polar surface area (TPSA) is 120 Å². The van der Waals surface area contributed by atoms with Crippen LogP contribution in [0.4, 0.5) is 14.9 Å². The predicted octanol–water partition coefficient (Wildman–Crippen LogP) is 4.87. The van der Waals surface area contributed by atoms with Gasteiger partial charge in [0.15, 0.2) is 0 Å². The van der Waals surface area contributed by atoms with Crippen LogP contribution in [0.2, 0.25) is 5.02 Å². The van der Waals surface area contributed by atoms with E-state index in [1.54, 1.807) is 45.0 Å². The van der Waals surface area contributed by atoms with Gasteiger partial charge in [-0.25, -0.2) is 14.2 Å². The zero-order valence-electron chi connectivity index (χ0n) is 25.2. The third kappa shape index (κ3) is 7.81. The number of aliphatic imine (C=N–C) groups is 1. The molecule has 4 rings (SSSR count). The Morgan fingerprint density at radius 3 is 2.39 bits per heavy atom. The lowest BCUT2D eigenvalue weighted by Gasteiger charge is -2.30. The second kappa shape index (κ2) is 13.6. The number of carbonyl (C=O) groups is 3. The summed E-state index contributed by atoms with van der Waals surface area (Å²) >= 11 is 6.27. The van der Waals surface area contributed by atoms with Crippen molar-refractivity contribution in [1.82, 2.24) is 10.6 Å². The van der Waals surface area contributed by atoms with E-state index >= 15 is 4.39 Å². The van der Waals surface area contributed by atoms with Crippen molar-refractivity contribution in [2.45, 2.75) is 58.0 Å². The number of benzene rings is 3. The van der Waals surface area contributed by atoms with Crippen LogP contribution in [0.15, 0.2) is 77.8 Å². The van der Waals surface area contributed by atoms with E-state index in [2.05, 4.69) is 15.6 Å². The number of benzodiazepines with no additional fused rings is 1. The number of ether oxygens (including phenoxy) is 1. The van der Waals surface area contributed by atoms with Crippen molar-refractivity contribution >= 4 is 40.9 Å². The Morgan fingerprint density at radius 2 is 1.73 bits per heavy atom. The number of aliphatic hydroxyl groups is 1. The van der Waals surface area contributed by atoms with Gasteiger partial charge in [0.1, 0.15) is 11.4 Å². The van der Waals surface area contributed by atoms with Gasteiger partial charge in [0.25, 0.3) is 5.91 Å². The van der Waals surface area contributed by atoms with Gasteiger partial charge in [0, 0.05) is 23.2 Å². The molecule has 1 aliphatic heterocycles. The van der Waals surface area contributed by atoms with Crippen LogP contribution in [0, 0.1) is 11.7 Å². The van der Waals surface area contributed by atoms with Gasteiger partial charge in [0.2, 0.25) is 12.1 Å². The van der Waals surface area contributed by atoms with E-state index < -0.39 is 53.6 Å². The molecule has 3 aromatic carbocycles. The molecule has 0 saturated heterocycles. The first-order valence-corrected chi connectivity index (χ1v) is 14.5. The second-order valence-electron chi connectivity index (χ2n) is 11.6. The van der Waals surface area contributed by atoms with Gasteiger partial charge in [-0.15, -0.1) is 0 Å². The molecule has 9 nitrogen and oxygen atoms in total. The number of likely N-dealkylation sites (N-methyl/N-ethyl adjacent to an activating group) is 1. The molecule has 11 heteroatoms. The first kappa shape index (κ1) is 32.6. The Morgan fingerprint density at radius 1 is 1.07 bits per heavy atom. The molecular formula is C33H36ClFN4O5. The molecule has 1 aliphatic rings. The van der Waals surface area contributed by atoms with Crippen molar-refractivity contribution in [3.8, 4) is 0 Å². The van der Waals surface area contributed by atoms with E-state index in [4.69, 9.17) is 16.3 Å². The number of anilines is 1. The number of carbonyl (C=O) groups excluding carboxylic acids is 3. The van der Waals surface area contributed by atoms with Crippen molar-refractivity contribution in [2.24, 2.45) is 10.9 Å². The summed E-state index contributed by atoms with van der Waals surface area (Å²) in [6, 6.07) is 19.0. The minimum absolute atomic E-state index is 0.121. The third-order valence-corrected chi connectivity index (χ3v) is 7.38. The van der Waals surface area contributed by atoms with Crippen LogP contribution in [0.1, 0.15) is 44.4 Å². The molecule has 3 aromatic rings. The summed E-state index contributed by atoms with van der Waals surface area (Å²) in [5.41, 5.74) is 1.12. The van der Waals surface area contributed by atoms with Crippen molar-refractivity contribution in [3.05, 3.63) is 100 Å². The minimum atomic E-state index is -1.45. The van der Waals surface area contributed by atoms with E-state index in [9.17, 15) is 19.5 Å². The summed E-state index contributed by atoms with van der Waals surface area (Å²) in [7, 11) is 1.52. The molecule has 0 spiro atoms. The average molecular weight is 623 g/mol. The molecule has 0 saturated carbocycles. The lowest BCUT2D eigenvalue weighted by molar-refractivity contribution is -0.132. The Bertz CT molecular complexity index is 1560. The Labute approximate surface area is 261 Å². The maximum atomic E-state index is 15.0. The number of aliphatic hydroxyl groups excluding tert-OH is 1. The number of rotatable bonds is 8. The third-order valence-electron chi connectivity index (χ3n) is 7.14. The quantitative estimate of drug-likeness (QED) is 0.331. The molecule has 0 aliphatic carbocycles.